The fourth-order valence-corrected chi connectivity index (χ4v) is 2.43. The number of nitrogens with zero attached hydrogens (tertiary/aromatic N) is 3. The lowest BCUT2D eigenvalue weighted by Gasteiger charge is -2.25. The number of hydrogen-bond donors (Lipinski definition) is 1. The highest BCUT2D eigenvalue weighted by molar-refractivity contribution is 7.99. The van der Waals surface area contributed by atoms with Crippen molar-refractivity contribution in [1.29, 1.82) is 0 Å². The highest BCUT2D eigenvalue weighted by Gasteiger charge is 2.12. The zero-order chi connectivity index (χ0) is 11.2. The van der Waals surface area contributed by atoms with Gasteiger partial charge in [0.05, 0.1) is 12.9 Å². The predicted octanol–water partition coefficient (Wildman–Crippen LogP) is 0.213. The molecule has 0 atom stereocenters. The van der Waals surface area contributed by atoms with Crippen molar-refractivity contribution in [2.24, 2.45) is 0 Å². The van der Waals surface area contributed by atoms with Gasteiger partial charge in [0.1, 0.15) is 5.69 Å². The Balaban J connectivity index is 1.79. The smallest absolute Gasteiger partial charge is 0.272 e. The Bertz CT molecular complexity index is 340. The van der Waals surface area contributed by atoms with Crippen LogP contribution in [0.25, 0.3) is 0 Å². The molecule has 16 heavy (non-hydrogen) atoms. The van der Waals surface area contributed by atoms with Gasteiger partial charge in [0.15, 0.2) is 0 Å². The molecule has 1 saturated heterocycles. The monoisotopic (exact) mass is 238 g/mol. The molecule has 2 heterocycles. The SMILES string of the molecule is O=C(NCN1CCSCC1)c1cnccn1. The molecular formula is C10H14N4OS. The van der Waals surface area contributed by atoms with E-state index in [1.165, 1.54) is 12.4 Å². The maximum atomic E-state index is 11.6. The van der Waals surface area contributed by atoms with Crippen molar-refractivity contribution in [2.75, 3.05) is 31.3 Å². The molecule has 86 valence electrons. The van der Waals surface area contributed by atoms with Gasteiger partial charge in [0.2, 0.25) is 0 Å². The maximum Gasteiger partial charge on any atom is 0.272 e. The van der Waals surface area contributed by atoms with Crippen molar-refractivity contribution in [1.82, 2.24) is 20.2 Å². The van der Waals surface area contributed by atoms with Gasteiger partial charge in [-0.15, -0.1) is 0 Å². The predicted molar refractivity (Wildman–Crippen MR) is 63.3 cm³/mol. The van der Waals surface area contributed by atoms with Crippen molar-refractivity contribution in [3.8, 4) is 0 Å². The van der Waals surface area contributed by atoms with Gasteiger partial charge in [-0.1, -0.05) is 0 Å². The van der Waals surface area contributed by atoms with Crippen LogP contribution in [0.2, 0.25) is 0 Å². The number of aromatic nitrogens is 2. The molecule has 0 aromatic carbocycles. The lowest BCUT2D eigenvalue weighted by molar-refractivity contribution is 0.0920. The number of nitrogens with one attached hydrogen (secondary N) is 1. The Kier molecular flexibility index (Phi) is 4.12. The number of hydrogen-bond acceptors (Lipinski definition) is 5. The summed E-state index contributed by atoms with van der Waals surface area (Å²) in [5.41, 5.74) is 0.369. The largest absolute Gasteiger partial charge is 0.338 e. The lowest BCUT2D eigenvalue weighted by Crippen LogP contribution is -2.42. The standard InChI is InChI=1S/C10H14N4OS/c15-10(9-7-11-1-2-12-9)13-8-14-3-5-16-6-4-14/h1-2,7H,3-6,8H2,(H,13,15). The summed E-state index contributed by atoms with van der Waals surface area (Å²) >= 11 is 1.95. The number of carbonyl (C=O) groups excluding carboxylic acids is 1. The van der Waals surface area contributed by atoms with Crippen molar-refractivity contribution in [3.05, 3.63) is 24.3 Å². The Morgan fingerprint density at radius 2 is 2.25 bits per heavy atom. The molecule has 0 saturated carbocycles. The zero-order valence-electron chi connectivity index (χ0n) is 8.93. The van der Waals surface area contributed by atoms with E-state index in [-0.39, 0.29) is 5.91 Å². The summed E-state index contributed by atoms with van der Waals surface area (Å²) in [6, 6.07) is 0. The minimum absolute atomic E-state index is 0.161. The molecule has 5 nitrogen and oxygen atoms in total. The Labute approximate surface area is 98.6 Å². The van der Waals surface area contributed by atoms with Crippen molar-refractivity contribution < 1.29 is 4.79 Å². The second kappa shape index (κ2) is 5.81. The fourth-order valence-electron chi connectivity index (χ4n) is 1.45. The first-order valence-electron chi connectivity index (χ1n) is 5.20. The van der Waals surface area contributed by atoms with Gasteiger partial charge in [-0.3, -0.25) is 14.7 Å². The van der Waals surface area contributed by atoms with Gasteiger partial charge in [0, 0.05) is 37.0 Å². The fraction of sp³-hybridized carbons (Fsp3) is 0.500. The minimum atomic E-state index is -0.161. The van der Waals surface area contributed by atoms with Crippen LogP contribution < -0.4 is 5.32 Å². The van der Waals surface area contributed by atoms with Crippen LogP contribution in [-0.4, -0.2) is 52.0 Å². The second-order valence-corrected chi connectivity index (χ2v) is 4.71. The minimum Gasteiger partial charge on any atom is -0.338 e. The average Bonchev–Trinajstić information content (AvgIpc) is 2.38. The first-order valence-corrected chi connectivity index (χ1v) is 6.36. The Morgan fingerprint density at radius 1 is 1.44 bits per heavy atom. The first-order chi connectivity index (χ1) is 7.86. The van der Waals surface area contributed by atoms with Crippen LogP contribution >= 0.6 is 11.8 Å². The molecule has 1 N–H and O–H groups in total. The van der Waals surface area contributed by atoms with Crippen LogP contribution in [0.1, 0.15) is 10.5 Å². The summed E-state index contributed by atoms with van der Waals surface area (Å²) in [6.07, 6.45) is 4.55. The van der Waals surface area contributed by atoms with E-state index < -0.39 is 0 Å². The molecule has 1 aliphatic heterocycles. The van der Waals surface area contributed by atoms with E-state index in [1.807, 2.05) is 11.8 Å². The van der Waals surface area contributed by atoms with Crippen LogP contribution in [0.5, 0.6) is 0 Å². The highest BCUT2D eigenvalue weighted by Crippen LogP contribution is 2.07. The number of amides is 1. The zero-order valence-corrected chi connectivity index (χ0v) is 9.74. The van der Waals surface area contributed by atoms with E-state index in [9.17, 15) is 4.79 Å². The van der Waals surface area contributed by atoms with Crippen molar-refractivity contribution in [3.63, 3.8) is 0 Å². The summed E-state index contributed by atoms with van der Waals surface area (Å²) in [6.45, 7) is 2.66. The molecule has 1 aliphatic rings. The van der Waals surface area contributed by atoms with Gasteiger partial charge in [-0.05, 0) is 0 Å². The molecule has 6 heteroatoms. The quantitative estimate of drug-likeness (QED) is 0.816. The summed E-state index contributed by atoms with van der Waals surface area (Å²) in [5, 5.41) is 2.84. The molecule has 1 aromatic heterocycles. The molecule has 2 rings (SSSR count). The maximum absolute atomic E-state index is 11.6. The van der Waals surface area contributed by atoms with E-state index in [0.29, 0.717) is 12.4 Å². The Morgan fingerprint density at radius 3 is 2.94 bits per heavy atom. The van der Waals surface area contributed by atoms with Crippen LogP contribution in [0.4, 0.5) is 0 Å². The normalized spacial score (nSPS) is 17.0. The van der Waals surface area contributed by atoms with Crippen LogP contribution in [0.3, 0.4) is 0 Å². The van der Waals surface area contributed by atoms with E-state index in [0.717, 1.165) is 24.6 Å². The highest BCUT2D eigenvalue weighted by atomic mass is 32.2. The molecule has 0 aliphatic carbocycles. The van der Waals surface area contributed by atoms with Crippen molar-refractivity contribution >= 4 is 17.7 Å². The van der Waals surface area contributed by atoms with Gasteiger partial charge >= 0.3 is 0 Å². The van der Waals surface area contributed by atoms with E-state index in [1.54, 1.807) is 6.20 Å². The van der Waals surface area contributed by atoms with Crippen LogP contribution in [-0.2, 0) is 0 Å². The molecule has 0 bridgehead atoms. The summed E-state index contributed by atoms with van der Waals surface area (Å²) in [7, 11) is 0. The molecule has 0 radical (unpaired) electrons. The molecule has 0 spiro atoms. The average molecular weight is 238 g/mol. The summed E-state index contributed by atoms with van der Waals surface area (Å²) in [5.74, 6) is 2.12. The molecule has 1 aromatic rings. The van der Waals surface area contributed by atoms with E-state index >= 15 is 0 Å². The third-order valence-corrected chi connectivity index (χ3v) is 3.31. The second-order valence-electron chi connectivity index (χ2n) is 3.49. The molecule has 0 unspecified atom stereocenters. The van der Waals surface area contributed by atoms with E-state index in [4.69, 9.17) is 0 Å². The van der Waals surface area contributed by atoms with Gasteiger partial charge < -0.3 is 5.32 Å². The molecule has 1 fully saturated rings. The third kappa shape index (κ3) is 3.18. The summed E-state index contributed by atoms with van der Waals surface area (Å²) in [4.78, 5) is 21.7. The van der Waals surface area contributed by atoms with Crippen LogP contribution in [0.15, 0.2) is 18.6 Å². The van der Waals surface area contributed by atoms with Crippen LogP contribution in [0, 0.1) is 0 Å². The summed E-state index contributed by atoms with van der Waals surface area (Å²) < 4.78 is 0. The lowest BCUT2D eigenvalue weighted by atomic mass is 10.4. The topological polar surface area (TPSA) is 58.1 Å². The number of rotatable bonds is 3. The Hall–Kier alpha value is -1.14. The number of carbonyl (C=O) groups is 1. The van der Waals surface area contributed by atoms with Gasteiger partial charge in [-0.2, -0.15) is 11.8 Å². The first kappa shape index (κ1) is 11.3. The molecular weight excluding hydrogens is 224 g/mol. The van der Waals surface area contributed by atoms with Gasteiger partial charge in [0.25, 0.3) is 5.91 Å². The third-order valence-electron chi connectivity index (χ3n) is 2.36. The van der Waals surface area contributed by atoms with Gasteiger partial charge in [-0.25, -0.2) is 4.98 Å². The number of thioether (sulfide) groups is 1. The van der Waals surface area contributed by atoms with Crippen molar-refractivity contribution in [2.45, 2.75) is 0 Å². The molecule has 1 amide bonds. The van der Waals surface area contributed by atoms with E-state index in [2.05, 4.69) is 20.2 Å².